The second kappa shape index (κ2) is 5.55. The first-order valence-corrected chi connectivity index (χ1v) is 5.28. The molecule has 1 aliphatic heterocycles. The van der Waals surface area contributed by atoms with Gasteiger partial charge in [0.2, 0.25) is 0 Å². The quantitative estimate of drug-likeness (QED) is 0.672. The van der Waals surface area contributed by atoms with Crippen LogP contribution in [-0.2, 0) is 0 Å². The molecule has 72 valence electrons. The summed E-state index contributed by atoms with van der Waals surface area (Å²) in [6.07, 6.45) is 4.05. The molecule has 0 aliphatic carbocycles. The van der Waals surface area contributed by atoms with Gasteiger partial charge in [0.25, 0.3) is 0 Å². The van der Waals surface area contributed by atoms with Gasteiger partial charge in [-0.15, -0.1) is 0 Å². The second-order valence-electron chi connectivity index (χ2n) is 3.81. The van der Waals surface area contributed by atoms with Crippen molar-refractivity contribution in [1.29, 1.82) is 0 Å². The van der Waals surface area contributed by atoms with Gasteiger partial charge in [0.1, 0.15) is 0 Å². The van der Waals surface area contributed by atoms with E-state index in [0.29, 0.717) is 6.04 Å². The van der Waals surface area contributed by atoms with Crippen LogP contribution in [0.1, 0.15) is 33.1 Å². The molecule has 0 radical (unpaired) electrons. The molecule has 0 amide bonds. The maximum atomic E-state index is 3.52. The van der Waals surface area contributed by atoms with Crippen LogP contribution in [0, 0.1) is 0 Å². The van der Waals surface area contributed by atoms with E-state index in [1.165, 1.54) is 38.9 Å². The third-order valence-corrected chi connectivity index (χ3v) is 2.73. The maximum absolute atomic E-state index is 3.52. The Hall–Kier alpha value is -0.0800. The highest BCUT2D eigenvalue weighted by Crippen LogP contribution is 2.05. The van der Waals surface area contributed by atoms with Gasteiger partial charge in [0.15, 0.2) is 0 Å². The molecule has 1 N–H and O–H groups in total. The first-order valence-electron chi connectivity index (χ1n) is 5.28. The molecule has 2 heteroatoms. The lowest BCUT2D eigenvalue weighted by atomic mass is 10.2. The Balaban J connectivity index is 1.94. The highest BCUT2D eigenvalue weighted by atomic mass is 15.1. The van der Waals surface area contributed by atoms with Crippen molar-refractivity contribution in [3.63, 3.8) is 0 Å². The van der Waals surface area contributed by atoms with Gasteiger partial charge in [-0.05, 0) is 39.3 Å². The molecule has 0 bridgehead atoms. The molecule has 1 unspecified atom stereocenters. The zero-order valence-electron chi connectivity index (χ0n) is 8.47. The van der Waals surface area contributed by atoms with E-state index in [1.54, 1.807) is 0 Å². The maximum Gasteiger partial charge on any atom is 0.0107 e. The Labute approximate surface area is 76.3 Å². The van der Waals surface area contributed by atoms with Crippen molar-refractivity contribution in [3.8, 4) is 0 Å². The zero-order valence-corrected chi connectivity index (χ0v) is 8.47. The van der Waals surface area contributed by atoms with Crippen LogP contribution >= 0.6 is 0 Å². The average molecular weight is 170 g/mol. The lowest BCUT2D eigenvalue weighted by Crippen LogP contribution is -2.34. The minimum atomic E-state index is 0.688. The van der Waals surface area contributed by atoms with Gasteiger partial charge < -0.3 is 10.2 Å². The van der Waals surface area contributed by atoms with Crippen molar-refractivity contribution < 1.29 is 0 Å². The molecule has 0 aromatic rings. The average Bonchev–Trinajstić information content (AvgIpc) is 2.57. The molecule has 0 aromatic heterocycles. The molecule has 12 heavy (non-hydrogen) atoms. The number of hydrogen-bond donors (Lipinski definition) is 1. The number of nitrogens with one attached hydrogen (secondary N) is 1. The van der Waals surface area contributed by atoms with Crippen LogP contribution in [0.4, 0.5) is 0 Å². The molecule has 1 aliphatic rings. The van der Waals surface area contributed by atoms with Crippen molar-refractivity contribution in [2.24, 2.45) is 0 Å². The fraction of sp³-hybridized carbons (Fsp3) is 1.00. The molecular weight excluding hydrogens is 148 g/mol. The summed E-state index contributed by atoms with van der Waals surface area (Å²) in [5, 5.41) is 3.52. The first kappa shape index (κ1) is 10.0. The smallest absolute Gasteiger partial charge is 0.0107 e. The Morgan fingerprint density at radius 3 is 2.58 bits per heavy atom. The molecule has 0 aromatic carbocycles. The summed E-state index contributed by atoms with van der Waals surface area (Å²) >= 11 is 0. The minimum absolute atomic E-state index is 0.688. The van der Waals surface area contributed by atoms with Crippen LogP contribution in [0.15, 0.2) is 0 Å². The van der Waals surface area contributed by atoms with Crippen LogP contribution in [-0.4, -0.2) is 37.1 Å². The third kappa shape index (κ3) is 3.55. The van der Waals surface area contributed by atoms with Crippen molar-refractivity contribution >= 4 is 0 Å². The summed E-state index contributed by atoms with van der Waals surface area (Å²) in [5.41, 5.74) is 0. The predicted octanol–water partition coefficient (Wildman–Crippen LogP) is 1.47. The monoisotopic (exact) mass is 170 g/mol. The molecule has 1 saturated heterocycles. The third-order valence-electron chi connectivity index (χ3n) is 2.73. The van der Waals surface area contributed by atoms with Crippen molar-refractivity contribution in [2.45, 2.75) is 39.2 Å². The summed E-state index contributed by atoms with van der Waals surface area (Å²) in [6, 6.07) is 0.688. The zero-order chi connectivity index (χ0) is 8.81. The Kier molecular flexibility index (Phi) is 4.62. The fourth-order valence-corrected chi connectivity index (χ4v) is 1.62. The molecule has 1 rings (SSSR count). The van der Waals surface area contributed by atoms with E-state index in [0.717, 1.165) is 6.54 Å². The first-order chi connectivity index (χ1) is 5.83. The summed E-state index contributed by atoms with van der Waals surface area (Å²) in [7, 11) is 0. The van der Waals surface area contributed by atoms with Crippen LogP contribution < -0.4 is 5.32 Å². The van der Waals surface area contributed by atoms with Crippen LogP contribution in [0.2, 0.25) is 0 Å². The summed E-state index contributed by atoms with van der Waals surface area (Å²) in [5.74, 6) is 0. The van der Waals surface area contributed by atoms with Crippen molar-refractivity contribution in [3.05, 3.63) is 0 Å². The van der Waals surface area contributed by atoms with E-state index >= 15 is 0 Å². The Morgan fingerprint density at radius 1 is 1.33 bits per heavy atom. The normalized spacial score (nSPS) is 21.5. The largest absolute Gasteiger partial charge is 0.313 e. The van der Waals surface area contributed by atoms with Crippen LogP contribution in [0.25, 0.3) is 0 Å². The topological polar surface area (TPSA) is 15.3 Å². The molecule has 1 fully saturated rings. The SMILES string of the molecule is CCC(C)NCCN1CCCC1. The molecule has 1 atom stereocenters. The van der Waals surface area contributed by atoms with E-state index in [-0.39, 0.29) is 0 Å². The van der Waals surface area contributed by atoms with E-state index in [9.17, 15) is 0 Å². The van der Waals surface area contributed by atoms with Crippen molar-refractivity contribution in [2.75, 3.05) is 26.2 Å². The molecule has 0 saturated carbocycles. The van der Waals surface area contributed by atoms with Gasteiger partial charge in [-0.1, -0.05) is 6.92 Å². The molecule has 0 spiro atoms. The van der Waals surface area contributed by atoms with Gasteiger partial charge in [-0.2, -0.15) is 0 Å². The molecule has 1 heterocycles. The number of likely N-dealkylation sites (tertiary alicyclic amines) is 1. The van der Waals surface area contributed by atoms with Crippen molar-refractivity contribution in [1.82, 2.24) is 10.2 Å². The van der Waals surface area contributed by atoms with E-state index in [1.807, 2.05) is 0 Å². The Bertz CT molecular complexity index is 108. The second-order valence-corrected chi connectivity index (χ2v) is 3.81. The van der Waals surface area contributed by atoms with E-state index < -0.39 is 0 Å². The summed E-state index contributed by atoms with van der Waals surface area (Å²) < 4.78 is 0. The molecular formula is C10H22N2. The summed E-state index contributed by atoms with van der Waals surface area (Å²) in [6.45, 7) is 9.53. The lowest BCUT2D eigenvalue weighted by Gasteiger charge is -2.17. The number of hydrogen-bond acceptors (Lipinski definition) is 2. The standard InChI is InChI=1S/C10H22N2/c1-3-10(2)11-6-9-12-7-4-5-8-12/h10-11H,3-9H2,1-2H3. The van der Waals surface area contributed by atoms with Gasteiger partial charge in [-0.25, -0.2) is 0 Å². The Morgan fingerprint density at radius 2 is 2.00 bits per heavy atom. The fourth-order valence-electron chi connectivity index (χ4n) is 1.62. The van der Waals surface area contributed by atoms with Crippen LogP contribution in [0.3, 0.4) is 0 Å². The number of rotatable bonds is 5. The van der Waals surface area contributed by atoms with Gasteiger partial charge in [-0.3, -0.25) is 0 Å². The van der Waals surface area contributed by atoms with E-state index in [2.05, 4.69) is 24.1 Å². The minimum Gasteiger partial charge on any atom is -0.313 e. The van der Waals surface area contributed by atoms with Crippen LogP contribution in [0.5, 0.6) is 0 Å². The van der Waals surface area contributed by atoms with Gasteiger partial charge in [0, 0.05) is 19.1 Å². The summed E-state index contributed by atoms with van der Waals surface area (Å²) in [4.78, 5) is 2.55. The molecule has 2 nitrogen and oxygen atoms in total. The predicted molar refractivity (Wildman–Crippen MR) is 53.4 cm³/mol. The highest BCUT2D eigenvalue weighted by Gasteiger charge is 2.10. The van der Waals surface area contributed by atoms with E-state index in [4.69, 9.17) is 0 Å². The van der Waals surface area contributed by atoms with Gasteiger partial charge >= 0.3 is 0 Å². The lowest BCUT2D eigenvalue weighted by molar-refractivity contribution is 0.328. The number of nitrogens with zero attached hydrogens (tertiary/aromatic N) is 1. The van der Waals surface area contributed by atoms with Gasteiger partial charge in [0.05, 0.1) is 0 Å². The highest BCUT2D eigenvalue weighted by molar-refractivity contribution is 4.68.